The number of halogens is 2. The molecule has 2 aromatic rings. The lowest BCUT2D eigenvalue weighted by atomic mass is 10.0. The first-order chi connectivity index (χ1) is 9.19. The fourth-order valence-electron chi connectivity index (χ4n) is 2.36. The van der Waals surface area contributed by atoms with Gasteiger partial charge in [0.25, 0.3) is 0 Å². The third kappa shape index (κ3) is 2.20. The predicted octanol–water partition coefficient (Wildman–Crippen LogP) is 3.41. The van der Waals surface area contributed by atoms with Crippen LogP contribution >= 0.6 is 11.6 Å². The number of nitrogens with two attached hydrogens (primary N) is 1. The lowest BCUT2D eigenvalue weighted by molar-refractivity contribution is 0.242. The highest BCUT2D eigenvalue weighted by Crippen LogP contribution is 2.39. The molecule has 0 amide bonds. The van der Waals surface area contributed by atoms with E-state index in [1.165, 1.54) is 6.07 Å². The van der Waals surface area contributed by atoms with Crippen molar-refractivity contribution in [1.29, 1.82) is 0 Å². The minimum absolute atomic E-state index is 0.0204. The van der Waals surface area contributed by atoms with E-state index in [9.17, 15) is 4.39 Å². The maximum absolute atomic E-state index is 13.2. The van der Waals surface area contributed by atoms with Gasteiger partial charge in [-0.2, -0.15) is 0 Å². The van der Waals surface area contributed by atoms with Crippen LogP contribution in [-0.4, -0.2) is 12.6 Å². The second-order valence-electron chi connectivity index (χ2n) is 4.60. The normalized spacial score (nSPS) is 17.1. The van der Waals surface area contributed by atoms with Crippen LogP contribution in [0.4, 0.5) is 4.39 Å². The van der Waals surface area contributed by atoms with Gasteiger partial charge in [-0.25, -0.2) is 4.39 Å². The maximum Gasteiger partial charge on any atom is 0.141 e. The first kappa shape index (κ1) is 12.5. The third-order valence-electron chi connectivity index (χ3n) is 3.32. The molecule has 19 heavy (non-hydrogen) atoms. The number of fused-ring (bicyclic) bond motifs is 1. The monoisotopic (exact) mass is 277 g/mol. The van der Waals surface area contributed by atoms with E-state index in [-0.39, 0.29) is 11.1 Å². The first-order valence-electron chi connectivity index (χ1n) is 6.13. The fraction of sp³-hybridized carbons (Fsp3) is 0.200. The number of rotatable bonds is 2. The average Bonchev–Trinajstić information content (AvgIpc) is 2.85. The zero-order chi connectivity index (χ0) is 13.4. The number of ether oxygens (including phenoxy) is 1. The van der Waals surface area contributed by atoms with Gasteiger partial charge in [0.2, 0.25) is 0 Å². The minimum atomic E-state index is -0.418. The molecule has 1 aliphatic heterocycles. The molecule has 2 aromatic carbocycles. The summed E-state index contributed by atoms with van der Waals surface area (Å²) in [6.07, 6.45) is 0.835. The fourth-order valence-corrected chi connectivity index (χ4v) is 2.54. The summed E-state index contributed by atoms with van der Waals surface area (Å²) in [5.41, 5.74) is 8.56. The van der Waals surface area contributed by atoms with Crippen molar-refractivity contribution in [3.8, 4) is 16.9 Å². The molecule has 2 N–H and O–H groups in total. The Morgan fingerprint density at radius 3 is 2.89 bits per heavy atom. The Morgan fingerprint density at radius 1 is 1.32 bits per heavy atom. The van der Waals surface area contributed by atoms with Crippen molar-refractivity contribution in [2.75, 3.05) is 6.54 Å². The molecule has 0 unspecified atom stereocenters. The van der Waals surface area contributed by atoms with Gasteiger partial charge in [0, 0.05) is 18.5 Å². The van der Waals surface area contributed by atoms with E-state index < -0.39 is 5.82 Å². The van der Waals surface area contributed by atoms with Crippen molar-refractivity contribution in [1.82, 2.24) is 0 Å². The van der Waals surface area contributed by atoms with Crippen molar-refractivity contribution in [3.63, 3.8) is 0 Å². The van der Waals surface area contributed by atoms with E-state index in [2.05, 4.69) is 0 Å². The van der Waals surface area contributed by atoms with E-state index in [0.717, 1.165) is 28.9 Å². The summed E-state index contributed by atoms with van der Waals surface area (Å²) < 4.78 is 19.1. The van der Waals surface area contributed by atoms with Crippen LogP contribution in [0, 0.1) is 5.82 Å². The molecule has 0 spiro atoms. The highest BCUT2D eigenvalue weighted by molar-refractivity contribution is 6.31. The van der Waals surface area contributed by atoms with E-state index in [1.807, 2.05) is 18.2 Å². The van der Waals surface area contributed by atoms with Crippen LogP contribution in [0.5, 0.6) is 5.75 Å². The quantitative estimate of drug-likeness (QED) is 0.913. The summed E-state index contributed by atoms with van der Waals surface area (Å²) in [5, 5.41) is 0.114. The number of para-hydroxylation sites is 1. The molecule has 0 bridgehead atoms. The van der Waals surface area contributed by atoms with Crippen molar-refractivity contribution in [2.24, 2.45) is 5.73 Å². The van der Waals surface area contributed by atoms with Crippen LogP contribution in [0.15, 0.2) is 36.4 Å². The van der Waals surface area contributed by atoms with E-state index in [1.54, 1.807) is 12.1 Å². The molecular weight excluding hydrogens is 265 g/mol. The molecule has 1 aliphatic rings. The summed E-state index contributed by atoms with van der Waals surface area (Å²) in [4.78, 5) is 0. The SMILES string of the molecule is NC[C@@H]1Cc2cccc(-c3ccc(F)c(Cl)c3)c2O1. The Labute approximate surface area is 115 Å². The molecule has 2 nitrogen and oxygen atoms in total. The van der Waals surface area contributed by atoms with Crippen LogP contribution < -0.4 is 10.5 Å². The van der Waals surface area contributed by atoms with Gasteiger partial charge in [0.1, 0.15) is 17.7 Å². The Kier molecular flexibility index (Phi) is 3.17. The molecule has 1 heterocycles. The lowest BCUT2D eigenvalue weighted by Gasteiger charge is -2.11. The predicted molar refractivity (Wildman–Crippen MR) is 74.0 cm³/mol. The Morgan fingerprint density at radius 2 is 2.16 bits per heavy atom. The smallest absolute Gasteiger partial charge is 0.141 e. The lowest BCUT2D eigenvalue weighted by Crippen LogP contribution is -2.24. The molecule has 98 valence electrons. The summed E-state index contributed by atoms with van der Waals surface area (Å²) in [7, 11) is 0. The standard InChI is InChI=1S/C15H13ClFNO/c16-13-7-9(4-5-14(13)17)12-3-1-2-10-6-11(8-18)19-15(10)12/h1-5,7,11H,6,8,18H2/t11-/m0/s1. The summed E-state index contributed by atoms with van der Waals surface area (Å²) in [6, 6.07) is 10.6. The molecule has 0 radical (unpaired) electrons. The molecule has 3 rings (SSSR count). The third-order valence-corrected chi connectivity index (χ3v) is 3.61. The highest BCUT2D eigenvalue weighted by atomic mass is 35.5. The number of hydrogen-bond donors (Lipinski definition) is 1. The van der Waals surface area contributed by atoms with Crippen LogP contribution in [0.1, 0.15) is 5.56 Å². The zero-order valence-electron chi connectivity index (χ0n) is 10.2. The molecule has 0 saturated carbocycles. The van der Waals surface area contributed by atoms with Crippen molar-refractivity contribution < 1.29 is 9.13 Å². The van der Waals surface area contributed by atoms with Gasteiger partial charge in [0.05, 0.1) is 5.02 Å². The second-order valence-corrected chi connectivity index (χ2v) is 5.01. The van der Waals surface area contributed by atoms with Crippen LogP contribution in [0.25, 0.3) is 11.1 Å². The molecule has 0 aliphatic carbocycles. The van der Waals surface area contributed by atoms with Crippen LogP contribution in [0.3, 0.4) is 0 Å². The largest absolute Gasteiger partial charge is 0.488 e. The molecule has 1 atom stereocenters. The summed E-state index contributed by atoms with van der Waals surface area (Å²) in [6.45, 7) is 0.484. The van der Waals surface area contributed by atoms with E-state index in [4.69, 9.17) is 22.1 Å². The first-order valence-corrected chi connectivity index (χ1v) is 6.51. The topological polar surface area (TPSA) is 35.2 Å². The van der Waals surface area contributed by atoms with Gasteiger partial charge in [-0.05, 0) is 23.3 Å². The van der Waals surface area contributed by atoms with Gasteiger partial charge < -0.3 is 10.5 Å². The Balaban J connectivity index is 2.07. The van der Waals surface area contributed by atoms with Crippen molar-refractivity contribution in [2.45, 2.75) is 12.5 Å². The van der Waals surface area contributed by atoms with Gasteiger partial charge >= 0.3 is 0 Å². The van der Waals surface area contributed by atoms with Crippen LogP contribution in [0.2, 0.25) is 5.02 Å². The Bertz CT molecular complexity index is 630. The van der Waals surface area contributed by atoms with Crippen molar-refractivity contribution in [3.05, 3.63) is 52.8 Å². The number of hydrogen-bond acceptors (Lipinski definition) is 2. The van der Waals surface area contributed by atoms with Crippen molar-refractivity contribution >= 4 is 11.6 Å². The van der Waals surface area contributed by atoms with Gasteiger partial charge in [-0.1, -0.05) is 35.9 Å². The van der Waals surface area contributed by atoms with Gasteiger partial charge in [0.15, 0.2) is 0 Å². The minimum Gasteiger partial charge on any atom is -0.488 e. The zero-order valence-corrected chi connectivity index (χ0v) is 11.0. The molecule has 0 saturated heterocycles. The average molecular weight is 278 g/mol. The maximum atomic E-state index is 13.2. The van der Waals surface area contributed by atoms with E-state index in [0.29, 0.717) is 6.54 Å². The van der Waals surface area contributed by atoms with Gasteiger partial charge in [-0.3, -0.25) is 0 Å². The van der Waals surface area contributed by atoms with Gasteiger partial charge in [-0.15, -0.1) is 0 Å². The summed E-state index contributed by atoms with van der Waals surface area (Å²) in [5.74, 6) is 0.416. The molecule has 0 aromatic heterocycles. The number of benzene rings is 2. The van der Waals surface area contributed by atoms with E-state index >= 15 is 0 Å². The molecular formula is C15H13ClFNO. The molecule has 0 fully saturated rings. The summed E-state index contributed by atoms with van der Waals surface area (Å²) >= 11 is 5.83. The van der Waals surface area contributed by atoms with Crippen LogP contribution in [-0.2, 0) is 6.42 Å². The highest BCUT2D eigenvalue weighted by Gasteiger charge is 2.24. The molecule has 4 heteroatoms. The Hall–Kier alpha value is -1.58. The second kappa shape index (κ2) is 4.83.